The Morgan fingerprint density at radius 1 is 1.30 bits per heavy atom. The van der Waals surface area contributed by atoms with Gasteiger partial charge < -0.3 is 5.32 Å². The van der Waals surface area contributed by atoms with Crippen LogP contribution in [0, 0.1) is 5.92 Å². The fourth-order valence-electron chi connectivity index (χ4n) is 2.50. The first kappa shape index (κ1) is 15.5. The van der Waals surface area contributed by atoms with E-state index >= 15 is 0 Å². The Morgan fingerprint density at radius 2 is 1.90 bits per heavy atom. The number of nitrogens with one attached hydrogen (secondary N) is 1. The number of rotatable bonds is 7. The van der Waals surface area contributed by atoms with Gasteiger partial charge in [-0.3, -0.25) is 0 Å². The smallest absolute Gasteiger partial charge is 0.238 e. The van der Waals surface area contributed by atoms with Crippen LogP contribution in [0.5, 0.6) is 0 Å². The Bertz CT molecular complexity index is 535. The summed E-state index contributed by atoms with van der Waals surface area (Å²) >= 11 is 0. The van der Waals surface area contributed by atoms with E-state index in [1.54, 1.807) is 12.1 Å². The van der Waals surface area contributed by atoms with Crippen molar-refractivity contribution in [1.29, 1.82) is 0 Å². The van der Waals surface area contributed by atoms with E-state index in [9.17, 15) is 8.42 Å². The molecule has 1 aliphatic carbocycles. The lowest BCUT2D eigenvalue weighted by molar-refractivity contribution is 0.404. The van der Waals surface area contributed by atoms with Crippen molar-refractivity contribution >= 4 is 10.0 Å². The summed E-state index contributed by atoms with van der Waals surface area (Å²) in [6.45, 7) is 4.32. The van der Waals surface area contributed by atoms with Crippen LogP contribution < -0.4 is 10.5 Å². The predicted molar refractivity (Wildman–Crippen MR) is 80.8 cm³/mol. The van der Waals surface area contributed by atoms with Crippen LogP contribution in [-0.4, -0.2) is 14.5 Å². The number of nitrogens with two attached hydrogens (primary N) is 1. The summed E-state index contributed by atoms with van der Waals surface area (Å²) in [6, 6.07) is 7.57. The Hall–Kier alpha value is -0.910. The first-order chi connectivity index (χ1) is 9.40. The normalized spacial score (nSPS) is 18.8. The highest BCUT2D eigenvalue weighted by atomic mass is 32.2. The van der Waals surface area contributed by atoms with Gasteiger partial charge in [-0.2, -0.15) is 0 Å². The first-order valence-corrected chi connectivity index (χ1v) is 8.83. The summed E-state index contributed by atoms with van der Waals surface area (Å²) in [5, 5.41) is 8.74. The Morgan fingerprint density at radius 3 is 2.35 bits per heavy atom. The lowest BCUT2D eigenvalue weighted by Gasteiger charge is -2.22. The Kier molecular flexibility index (Phi) is 4.83. The molecule has 0 heterocycles. The van der Waals surface area contributed by atoms with E-state index in [2.05, 4.69) is 19.2 Å². The number of primary sulfonamides is 1. The quantitative estimate of drug-likeness (QED) is 0.812. The van der Waals surface area contributed by atoms with Gasteiger partial charge in [0.2, 0.25) is 10.0 Å². The number of hydrogen-bond donors (Lipinski definition) is 2. The summed E-state index contributed by atoms with van der Waals surface area (Å²) in [4.78, 5) is 0.165. The lowest BCUT2D eigenvalue weighted by atomic mass is 10.0. The molecule has 2 unspecified atom stereocenters. The fourth-order valence-corrected chi connectivity index (χ4v) is 3.02. The van der Waals surface area contributed by atoms with E-state index in [1.807, 2.05) is 12.1 Å². The van der Waals surface area contributed by atoms with Gasteiger partial charge in [-0.25, -0.2) is 13.6 Å². The van der Waals surface area contributed by atoms with Crippen LogP contribution in [0.1, 0.15) is 51.1 Å². The van der Waals surface area contributed by atoms with E-state index in [1.165, 1.54) is 19.3 Å². The van der Waals surface area contributed by atoms with Crippen LogP contribution in [0.4, 0.5) is 0 Å². The molecule has 4 nitrogen and oxygen atoms in total. The molecule has 0 aliphatic heterocycles. The SMILES string of the molecule is CCC(CC1CC1)NC(C)c1ccc(S(N)(=O)=O)cc1. The molecule has 0 radical (unpaired) electrons. The minimum Gasteiger partial charge on any atom is -0.307 e. The summed E-state index contributed by atoms with van der Waals surface area (Å²) in [5.41, 5.74) is 1.09. The van der Waals surface area contributed by atoms with E-state index < -0.39 is 10.0 Å². The zero-order valence-corrected chi connectivity index (χ0v) is 13.0. The van der Waals surface area contributed by atoms with Crippen molar-refractivity contribution in [2.45, 2.75) is 56.5 Å². The number of sulfonamides is 1. The highest BCUT2D eigenvalue weighted by Crippen LogP contribution is 2.34. The second kappa shape index (κ2) is 6.24. The van der Waals surface area contributed by atoms with Crippen molar-refractivity contribution in [3.05, 3.63) is 29.8 Å². The zero-order chi connectivity index (χ0) is 14.8. The maximum absolute atomic E-state index is 11.2. The van der Waals surface area contributed by atoms with Gasteiger partial charge in [0.1, 0.15) is 0 Å². The van der Waals surface area contributed by atoms with Crippen molar-refractivity contribution in [1.82, 2.24) is 5.32 Å². The van der Waals surface area contributed by atoms with Gasteiger partial charge in [-0.05, 0) is 43.4 Å². The molecule has 1 aromatic carbocycles. The topological polar surface area (TPSA) is 72.2 Å². The largest absolute Gasteiger partial charge is 0.307 e. The second-order valence-corrected chi connectivity index (χ2v) is 7.35. The zero-order valence-electron chi connectivity index (χ0n) is 12.2. The van der Waals surface area contributed by atoms with Gasteiger partial charge in [0.25, 0.3) is 0 Å². The molecule has 5 heteroatoms. The van der Waals surface area contributed by atoms with Crippen LogP contribution in [0.15, 0.2) is 29.2 Å². The highest BCUT2D eigenvalue weighted by molar-refractivity contribution is 7.89. The molecule has 1 aliphatic rings. The van der Waals surface area contributed by atoms with Crippen molar-refractivity contribution in [3.8, 4) is 0 Å². The molecule has 112 valence electrons. The van der Waals surface area contributed by atoms with Gasteiger partial charge in [0, 0.05) is 12.1 Å². The first-order valence-electron chi connectivity index (χ1n) is 7.29. The summed E-state index contributed by atoms with van der Waals surface area (Å²) in [5.74, 6) is 0.907. The minimum absolute atomic E-state index is 0.165. The van der Waals surface area contributed by atoms with Crippen LogP contribution in [-0.2, 0) is 10.0 Å². The third-order valence-electron chi connectivity index (χ3n) is 4.00. The Labute approximate surface area is 121 Å². The molecule has 1 saturated carbocycles. The third-order valence-corrected chi connectivity index (χ3v) is 4.93. The van der Waals surface area contributed by atoms with Gasteiger partial charge in [-0.15, -0.1) is 0 Å². The van der Waals surface area contributed by atoms with Crippen molar-refractivity contribution in [2.75, 3.05) is 0 Å². The lowest BCUT2D eigenvalue weighted by Crippen LogP contribution is -2.31. The summed E-state index contributed by atoms with van der Waals surface area (Å²) in [7, 11) is -3.60. The van der Waals surface area contributed by atoms with E-state index in [0.717, 1.165) is 17.9 Å². The molecule has 3 N–H and O–H groups in total. The van der Waals surface area contributed by atoms with E-state index in [4.69, 9.17) is 5.14 Å². The number of benzene rings is 1. The van der Waals surface area contributed by atoms with Gasteiger partial charge >= 0.3 is 0 Å². The molecule has 2 atom stereocenters. The monoisotopic (exact) mass is 296 g/mol. The minimum atomic E-state index is -3.60. The maximum atomic E-state index is 11.2. The van der Waals surface area contributed by atoms with Crippen molar-refractivity contribution < 1.29 is 8.42 Å². The molecule has 0 bridgehead atoms. The molecule has 0 aromatic heterocycles. The number of hydrogen-bond acceptors (Lipinski definition) is 3. The van der Waals surface area contributed by atoms with Crippen LogP contribution in [0.3, 0.4) is 0 Å². The van der Waals surface area contributed by atoms with Gasteiger partial charge in [0.05, 0.1) is 4.90 Å². The summed E-state index contributed by atoms with van der Waals surface area (Å²) in [6.07, 6.45) is 5.11. The highest BCUT2D eigenvalue weighted by Gasteiger charge is 2.25. The molecule has 2 rings (SSSR count). The average molecular weight is 296 g/mol. The predicted octanol–water partition coefficient (Wildman–Crippen LogP) is 2.56. The molecule has 1 aromatic rings. The standard InChI is InChI=1S/C15H24N2O2S/c1-3-14(10-12-4-5-12)17-11(2)13-6-8-15(9-7-13)20(16,18)19/h6-9,11-12,14,17H,3-5,10H2,1-2H3,(H2,16,18,19). The van der Waals surface area contributed by atoms with Gasteiger partial charge in [0.15, 0.2) is 0 Å². The van der Waals surface area contributed by atoms with Crippen LogP contribution in [0.2, 0.25) is 0 Å². The van der Waals surface area contributed by atoms with Crippen molar-refractivity contribution in [2.24, 2.45) is 11.1 Å². The molecule has 20 heavy (non-hydrogen) atoms. The van der Waals surface area contributed by atoms with Crippen molar-refractivity contribution in [3.63, 3.8) is 0 Å². The second-order valence-electron chi connectivity index (χ2n) is 5.79. The van der Waals surface area contributed by atoms with Crippen LogP contribution in [0.25, 0.3) is 0 Å². The maximum Gasteiger partial charge on any atom is 0.238 e. The molecule has 0 spiro atoms. The third kappa shape index (κ3) is 4.30. The molecule has 0 saturated heterocycles. The summed E-state index contributed by atoms with van der Waals surface area (Å²) < 4.78 is 22.5. The molecular weight excluding hydrogens is 272 g/mol. The molecule has 1 fully saturated rings. The molecule has 0 amide bonds. The van der Waals surface area contributed by atoms with E-state index in [0.29, 0.717) is 6.04 Å². The molecular formula is C15H24N2O2S. The van der Waals surface area contributed by atoms with Crippen LogP contribution >= 0.6 is 0 Å². The van der Waals surface area contributed by atoms with E-state index in [-0.39, 0.29) is 10.9 Å². The Balaban J connectivity index is 1.98. The average Bonchev–Trinajstić information content (AvgIpc) is 3.21. The van der Waals surface area contributed by atoms with Gasteiger partial charge in [-0.1, -0.05) is 31.9 Å². The fraction of sp³-hybridized carbons (Fsp3) is 0.600.